The van der Waals surface area contributed by atoms with E-state index in [9.17, 15) is 0 Å². The fourth-order valence-corrected chi connectivity index (χ4v) is 3.08. The van der Waals surface area contributed by atoms with Crippen molar-refractivity contribution in [3.63, 3.8) is 0 Å². The van der Waals surface area contributed by atoms with Gasteiger partial charge in [-0.25, -0.2) is 0 Å². The standard InChI is InChI=1S/C15H20BrN3/c1-10-5-6-12(11(2)9-10)15-14(16)13(7-8-17-3)18-19(15)4/h5-6,9,17H,7-8H2,1-4H3. The highest BCUT2D eigenvalue weighted by Crippen LogP contribution is 2.33. The van der Waals surface area contributed by atoms with Gasteiger partial charge in [-0.3, -0.25) is 4.68 Å². The van der Waals surface area contributed by atoms with Gasteiger partial charge >= 0.3 is 0 Å². The Balaban J connectivity index is 2.47. The highest BCUT2D eigenvalue weighted by Gasteiger charge is 2.16. The third-order valence-electron chi connectivity index (χ3n) is 3.30. The molecular formula is C15H20BrN3. The van der Waals surface area contributed by atoms with Crippen LogP contribution in [-0.2, 0) is 13.5 Å². The molecule has 0 fully saturated rings. The molecule has 0 aliphatic rings. The molecule has 0 saturated carbocycles. The summed E-state index contributed by atoms with van der Waals surface area (Å²) in [5, 5.41) is 7.78. The van der Waals surface area contributed by atoms with Gasteiger partial charge in [0, 0.05) is 25.6 Å². The van der Waals surface area contributed by atoms with Crippen LogP contribution in [0.1, 0.15) is 16.8 Å². The van der Waals surface area contributed by atoms with Crippen molar-refractivity contribution in [1.82, 2.24) is 15.1 Å². The zero-order chi connectivity index (χ0) is 14.0. The maximum atomic E-state index is 4.62. The van der Waals surface area contributed by atoms with Crippen molar-refractivity contribution in [2.75, 3.05) is 13.6 Å². The van der Waals surface area contributed by atoms with Gasteiger partial charge in [0.1, 0.15) is 0 Å². The fraction of sp³-hybridized carbons (Fsp3) is 0.400. The van der Waals surface area contributed by atoms with Gasteiger partial charge in [0.15, 0.2) is 0 Å². The maximum Gasteiger partial charge on any atom is 0.0826 e. The van der Waals surface area contributed by atoms with E-state index in [0.717, 1.165) is 28.8 Å². The van der Waals surface area contributed by atoms with Crippen molar-refractivity contribution in [1.29, 1.82) is 0 Å². The Morgan fingerprint density at radius 3 is 2.68 bits per heavy atom. The van der Waals surface area contributed by atoms with E-state index in [1.807, 2.05) is 18.8 Å². The van der Waals surface area contributed by atoms with Gasteiger partial charge in [-0.2, -0.15) is 5.10 Å². The van der Waals surface area contributed by atoms with E-state index < -0.39 is 0 Å². The molecule has 0 aliphatic heterocycles. The lowest BCUT2D eigenvalue weighted by molar-refractivity contribution is 0.720. The fourth-order valence-electron chi connectivity index (χ4n) is 2.33. The summed E-state index contributed by atoms with van der Waals surface area (Å²) in [4.78, 5) is 0. The molecule has 1 aromatic heterocycles. The van der Waals surface area contributed by atoms with E-state index in [-0.39, 0.29) is 0 Å². The number of benzene rings is 1. The quantitative estimate of drug-likeness (QED) is 0.937. The van der Waals surface area contributed by atoms with E-state index in [1.54, 1.807) is 0 Å². The van der Waals surface area contributed by atoms with Crippen molar-refractivity contribution in [2.45, 2.75) is 20.3 Å². The molecule has 1 heterocycles. The van der Waals surface area contributed by atoms with Crippen LogP contribution in [0.15, 0.2) is 22.7 Å². The van der Waals surface area contributed by atoms with Crippen LogP contribution in [0.25, 0.3) is 11.3 Å². The number of aromatic nitrogens is 2. The Morgan fingerprint density at radius 1 is 1.32 bits per heavy atom. The molecule has 0 spiro atoms. The Morgan fingerprint density at radius 2 is 2.05 bits per heavy atom. The lowest BCUT2D eigenvalue weighted by Crippen LogP contribution is -2.11. The zero-order valence-corrected chi connectivity index (χ0v) is 13.5. The molecule has 2 rings (SSSR count). The molecule has 0 atom stereocenters. The van der Waals surface area contributed by atoms with Gasteiger partial charge in [-0.15, -0.1) is 0 Å². The van der Waals surface area contributed by atoms with Crippen LogP contribution < -0.4 is 5.32 Å². The summed E-state index contributed by atoms with van der Waals surface area (Å²) in [7, 11) is 3.96. The van der Waals surface area contributed by atoms with Crippen molar-refractivity contribution in [3.8, 4) is 11.3 Å². The minimum absolute atomic E-state index is 0.926. The SMILES string of the molecule is CNCCc1nn(C)c(-c2ccc(C)cc2C)c1Br. The van der Waals surface area contributed by atoms with Gasteiger partial charge in [0.2, 0.25) is 0 Å². The molecule has 102 valence electrons. The van der Waals surface area contributed by atoms with Crippen molar-refractivity contribution in [2.24, 2.45) is 7.05 Å². The summed E-state index contributed by atoms with van der Waals surface area (Å²) < 4.78 is 3.07. The Hall–Kier alpha value is -1.13. The van der Waals surface area contributed by atoms with Crippen LogP contribution >= 0.6 is 15.9 Å². The molecule has 19 heavy (non-hydrogen) atoms. The van der Waals surface area contributed by atoms with Gasteiger partial charge in [0.25, 0.3) is 0 Å². The van der Waals surface area contributed by atoms with Gasteiger partial charge in [0.05, 0.1) is 15.9 Å². The molecule has 0 saturated heterocycles. The number of nitrogens with zero attached hydrogens (tertiary/aromatic N) is 2. The monoisotopic (exact) mass is 321 g/mol. The van der Waals surface area contributed by atoms with Gasteiger partial charge in [-0.05, 0) is 42.4 Å². The minimum atomic E-state index is 0.926. The second kappa shape index (κ2) is 5.88. The van der Waals surface area contributed by atoms with E-state index in [4.69, 9.17) is 0 Å². The highest BCUT2D eigenvalue weighted by molar-refractivity contribution is 9.10. The van der Waals surface area contributed by atoms with Crippen molar-refractivity contribution < 1.29 is 0 Å². The Kier molecular flexibility index (Phi) is 4.42. The topological polar surface area (TPSA) is 29.9 Å². The van der Waals surface area contributed by atoms with Crippen LogP contribution in [-0.4, -0.2) is 23.4 Å². The molecule has 1 N–H and O–H groups in total. The molecule has 0 aliphatic carbocycles. The van der Waals surface area contributed by atoms with Crippen LogP contribution in [0, 0.1) is 13.8 Å². The summed E-state index contributed by atoms with van der Waals surface area (Å²) in [6.07, 6.45) is 0.926. The number of hydrogen-bond donors (Lipinski definition) is 1. The Bertz CT molecular complexity index is 587. The third kappa shape index (κ3) is 2.90. The predicted molar refractivity (Wildman–Crippen MR) is 83.4 cm³/mol. The van der Waals surface area contributed by atoms with Gasteiger partial charge < -0.3 is 5.32 Å². The smallest absolute Gasteiger partial charge is 0.0826 e. The molecule has 0 radical (unpaired) electrons. The van der Waals surface area contributed by atoms with Gasteiger partial charge in [-0.1, -0.05) is 23.8 Å². The summed E-state index contributed by atoms with van der Waals surface area (Å²) in [5.41, 5.74) is 6.07. The first-order chi connectivity index (χ1) is 9.04. The number of nitrogens with one attached hydrogen (secondary N) is 1. The predicted octanol–water partition coefficient (Wildman–Crippen LogP) is 3.23. The maximum absolute atomic E-state index is 4.62. The molecule has 2 aromatic rings. The van der Waals surface area contributed by atoms with Crippen molar-refractivity contribution in [3.05, 3.63) is 39.5 Å². The summed E-state index contributed by atoms with van der Waals surface area (Å²) in [6.45, 7) is 5.20. The summed E-state index contributed by atoms with van der Waals surface area (Å²) in [6, 6.07) is 6.53. The second-order valence-corrected chi connectivity index (χ2v) is 5.70. The first-order valence-corrected chi connectivity index (χ1v) is 7.27. The highest BCUT2D eigenvalue weighted by atomic mass is 79.9. The lowest BCUT2D eigenvalue weighted by Gasteiger charge is -2.08. The lowest BCUT2D eigenvalue weighted by atomic mass is 10.0. The van der Waals surface area contributed by atoms with Crippen LogP contribution in [0.2, 0.25) is 0 Å². The van der Waals surface area contributed by atoms with Crippen LogP contribution in [0.5, 0.6) is 0 Å². The zero-order valence-electron chi connectivity index (χ0n) is 11.9. The van der Waals surface area contributed by atoms with Crippen LogP contribution in [0.3, 0.4) is 0 Å². The third-order valence-corrected chi connectivity index (χ3v) is 4.14. The number of hydrogen-bond acceptors (Lipinski definition) is 2. The average Bonchev–Trinajstić information content (AvgIpc) is 2.63. The molecule has 3 nitrogen and oxygen atoms in total. The normalized spacial score (nSPS) is 11.0. The molecule has 0 bridgehead atoms. The van der Waals surface area contributed by atoms with E-state index in [1.165, 1.54) is 16.7 Å². The second-order valence-electron chi connectivity index (χ2n) is 4.90. The Labute approximate surface area is 123 Å². The molecule has 4 heteroatoms. The number of rotatable bonds is 4. The molecular weight excluding hydrogens is 302 g/mol. The number of aryl methyl sites for hydroxylation is 3. The first kappa shape index (κ1) is 14.3. The minimum Gasteiger partial charge on any atom is -0.319 e. The van der Waals surface area contributed by atoms with Crippen molar-refractivity contribution >= 4 is 15.9 Å². The average molecular weight is 322 g/mol. The summed E-state index contributed by atoms with van der Waals surface area (Å²) >= 11 is 3.71. The molecule has 1 aromatic carbocycles. The summed E-state index contributed by atoms with van der Waals surface area (Å²) in [5.74, 6) is 0. The first-order valence-electron chi connectivity index (χ1n) is 6.48. The van der Waals surface area contributed by atoms with E-state index >= 15 is 0 Å². The number of halogens is 1. The molecule has 0 amide bonds. The van der Waals surface area contributed by atoms with Crippen LogP contribution in [0.4, 0.5) is 0 Å². The molecule has 0 unspecified atom stereocenters. The number of likely N-dealkylation sites (N-methyl/N-ethyl adjacent to an activating group) is 1. The van der Waals surface area contributed by atoms with E-state index in [0.29, 0.717) is 0 Å². The largest absolute Gasteiger partial charge is 0.319 e. The van der Waals surface area contributed by atoms with E-state index in [2.05, 4.69) is 58.4 Å².